The predicted molar refractivity (Wildman–Crippen MR) is 101 cm³/mol. The third kappa shape index (κ3) is 7.92. The van der Waals surface area contributed by atoms with Crippen LogP contribution in [0.3, 0.4) is 0 Å². The number of ether oxygens (including phenoxy) is 1. The second kappa shape index (κ2) is 9.95. The van der Waals surface area contributed by atoms with Gasteiger partial charge in [-0.05, 0) is 50.4 Å². The molecule has 1 aromatic carbocycles. The molecule has 1 atom stereocenters. The number of nitrogens with zero attached hydrogens (tertiary/aromatic N) is 2. The van der Waals surface area contributed by atoms with Crippen LogP contribution in [0.2, 0.25) is 0 Å². The second-order valence-electron chi connectivity index (χ2n) is 7.16. The Morgan fingerprint density at radius 1 is 1.36 bits per heavy atom. The minimum atomic E-state index is -4.22. The van der Waals surface area contributed by atoms with Gasteiger partial charge in [0.1, 0.15) is 0 Å². The molecule has 0 bridgehead atoms. The Balaban J connectivity index is 1.80. The van der Waals surface area contributed by atoms with Gasteiger partial charge < -0.3 is 15.4 Å². The summed E-state index contributed by atoms with van der Waals surface area (Å²) in [5, 5.41) is 6.07. The molecule has 1 aliphatic carbocycles. The molecule has 0 spiro atoms. The molecule has 1 unspecified atom stereocenters. The maximum atomic E-state index is 14.2. The lowest BCUT2D eigenvalue weighted by molar-refractivity contribution is -0.142. The van der Waals surface area contributed by atoms with Crippen LogP contribution in [-0.4, -0.2) is 57.4 Å². The van der Waals surface area contributed by atoms with Crippen LogP contribution < -0.4 is 15.4 Å². The molecule has 1 saturated carbocycles. The van der Waals surface area contributed by atoms with E-state index < -0.39 is 18.5 Å². The summed E-state index contributed by atoms with van der Waals surface area (Å²) in [5.41, 5.74) is 0.716. The maximum Gasteiger partial charge on any atom is 0.401 e. The lowest BCUT2D eigenvalue weighted by atomic mass is 10.1. The van der Waals surface area contributed by atoms with Gasteiger partial charge in [-0.1, -0.05) is 6.07 Å². The van der Waals surface area contributed by atoms with Gasteiger partial charge in [-0.15, -0.1) is 0 Å². The molecule has 0 saturated heterocycles. The number of hydrogen-bond donors (Lipinski definition) is 2. The van der Waals surface area contributed by atoms with Crippen LogP contribution in [0.5, 0.6) is 5.75 Å². The molecular formula is C19H28F4N4O. The third-order valence-corrected chi connectivity index (χ3v) is 4.44. The van der Waals surface area contributed by atoms with Crippen molar-refractivity contribution in [1.29, 1.82) is 0 Å². The zero-order valence-corrected chi connectivity index (χ0v) is 16.4. The smallest absolute Gasteiger partial charge is 0.401 e. The molecule has 5 nitrogen and oxygen atoms in total. The number of hydrogen-bond acceptors (Lipinski definition) is 3. The quantitative estimate of drug-likeness (QED) is 0.377. The first-order chi connectivity index (χ1) is 13.2. The molecule has 1 aromatic rings. The average Bonchev–Trinajstić information content (AvgIpc) is 3.42. The standard InChI is InChI=1S/C19H28F4N4O/c1-13(15-6-7-17(16(20)10-15)28-11-14-4-5-14)26-18(24-2)25-8-9-27(3)12-19(21,22)23/h6-7,10,13-14H,4-5,8-9,11-12H2,1-3H3,(H2,24,25,26). The van der Waals surface area contributed by atoms with Crippen LogP contribution in [0, 0.1) is 11.7 Å². The monoisotopic (exact) mass is 404 g/mol. The van der Waals surface area contributed by atoms with E-state index in [9.17, 15) is 17.6 Å². The summed E-state index contributed by atoms with van der Waals surface area (Å²) in [6.45, 7) is 1.93. The Bertz CT molecular complexity index is 662. The van der Waals surface area contributed by atoms with Crippen molar-refractivity contribution in [3.63, 3.8) is 0 Å². The van der Waals surface area contributed by atoms with Gasteiger partial charge in [-0.2, -0.15) is 13.2 Å². The van der Waals surface area contributed by atoms with Gasteiger partial charge in [0.25, 0.3) is 0 Å². The van der Waals surface area contributed by atoms with E-state index in [0.717, 1.165) is 12.8 Å². The number of halogens is 4. The highest BCUT2D eigenvalue weighted by Crippen LogP contribution is 2.30. The van der Waals surface area contributed by atoms with E-state index in [2.05, 4.69) is 15.6 Å². The molecule has 0 aliphatic heterocycles. The number of aliphatic imine (C=N–C) groups is 1. The van der Waals surface area contributed by atoms with Crippen LogP contribution in [0.15, 0.2) is 23.2 Å². The topological polar surface area (TPSA) is 48.9 Å². The van der Waals surface area contributed by atoms with Crippen LogP contribution in [0.4, 0.5) is 17.6 Å². The Labute approximate surface area is 163 Å². The number of rotatable bonds is 9. The second-order valence-corrected chi connectivity index (χ2v) is 7.16. The Morgan fingerprint density at radius 2 is 2.07 bits per heavy atom. The van der Waals surface area contributed by atoms with Gasteiger partial charge in [0.2, 0.25) is 0 Å². The van der Waals surface area contributed by atoms with Crippen molar-refractivity contribution in [3.8, 4) is 5.75 Å². The highest BCUT2D eigenvalue weighted by atomic mass is 19.4. The van der Waals surface area contributed by atoms with E-state index in [1.165, 1.54) is 18.0 Å². The lowest BCUT2D eigenvalue weighted by Gasteiger charge is -2.21. The molecular weight excluding hydrogens is 376 g/mol. The number of alkyl halides is 3. The molecule has 28 heavy (non-hydrogen) atoms. The summed E-state index contributed by atoms with van der Waals surface area (Å²) in [7, 11) is 2.97. The normalized spacial score (nSPS) is 16.2. The first-order valence-corrected chi connectivity index (χ1v) is 9.32. The molecule has 0 amide bonds. The van der Waals surface area contributed by atoms with E-state index in [0.29, 0.717) is 30.6 Å². The SMILES string of the molecule is CN=C(NCCN(C)CC(F)(F)F)NC(C)c1ccc(OCC2CC2)c(F)c1. The lowest BCUT2D eigenvalue weighted by Crippen LogP contribution is -2.43. The largest absolute Gasteiger partial charge is 0.490 e. The number of nitrogens with one attached hydrogen (secondary N) is 2. The molecule has 2 N–H and O–H groups in total. The van der Waals surface area contributed by atoms with Gasteiger partial charge in [0.05, 0.1) is 19.2 Å². The zero-order chi connectivity index (χ0) is 20.7. The number of guanidine groups is 1. The Hall–Kier alpha value is -2.03. The fourth-order valence-electron chi connectivity index (χ4n) is 2.63. The van der Waals surface area contributed by atoms with Crippen molar-refractivity contribution in [1.82, 2.24) is 15.5 Å². The van der Waals surface area contributed by atoms with Crippen molar-refractivity contribution in [2.75, 3.05) is 40.3 Å². The highest BCUT2D eigenvalue weighted by molar-refractivity contribution is 5.80. The van der Waals surface area contributed by atoms with E-state index in [1.54, 1.807) is 19.2 Å². The maximum absolute atomic E-state index is 14.2. The van der Waals surface area contributed by atoms with Crippen LogP contribution in [-0.2, 0) is 0 Å². The van der Waals surface area contributed by atoms with E-state index in [1.807, 2.05) is 6.92 Å². The van der Waals surface area contributed by atoms with Crippen LogP contribution in [0.1, 0.15) is 31.4 Å². The summed E-state index contributed by atoms with van der Waals surface area (Å²) >= 11 is 0. The fraction of sp³-hybridized carbons (Fsp3) is 0.632. The average molecular weight is 404 g/mol. The molecule has 1 aliphatic rings. The molecule has 158 valence electrons. The van der Waals surface area contributed by atoms with Crippen molar-refractivity contribution < 1.29 is 22.3 Å². The summed E-state index contributed by atoms with van der Waals surface area (Å²) in [6.07, 6.45) is -1.95. The van der Waals surface area contributed by atoms with E-state index in [4.69, 9.17) is 4.74 Å². The highest BCUT2D eigenvalue weighted by Gasteiger charge is 2.28. The number of likely N-dealkylation sites (N-methyl/N-ethyl adjacent to an activating group) is 1. The van der Waals surface area contributed by atoms with Crippen molar-refractivity contribution in [3.05, 3.63) is 29.6 Å². The zero-order valence-electron chi connectivity index (χ0n) is 16.4. The van der Waals surface area contributed by atoms with Crippen molar-refractivity contribution in [2.24, 2.45) is 10.9 Å². The van der Waals surface area contributed by atoms with Gasteiger partial charge in [0, 0.05) is 20.1 Å². The van der Waals surface area contributed by atoms with Gasteiger partial charge in [-0.25, -0.2) is 4.39 Å². The first kappa shape index (κ1) is 22.3. The van der Waals surface area contributed by atoms with Crippen molar-refractivity contribution in [2.45, 2.75) is 32.0 Å². The molecule has 0 aromatic heterocycles. The molecule has 1 fully saturated rings. The van der Waals surface area contributed by atoms with Crippen molar-refractivity contribution >= 4 is 5.96 Å². The summed E-state index contributed by atoms with van der Waals surface area (Å²) in [4.78, 5) is 5.24. The summed E-state index contributed by atoms with van der Waals surface area (Å²) in [5.74, 6) is 0.813. The van der Waals surface area contributed by atoms with Crippen LogP contribution >= 0.6 is 0 Å². The first-order valence-electron chi connectivity index (χ1n) is 9.32. The number of benzene rings is 1. The minimum Gasteiger partial charge on any atom is -0.490 e. The summed E-state index contributed by atoms with van der Waals surface area (Å²) in [6, 6.07) is 4.58. The van der Waals surface area contributed by atoms with Gasteiger partial charge in [-0.3, -0.25) is 9.89 Å². The fourth-order valence-corrected chi connectivity index (χ4v) is 2.63. The summed E-state index contributed by atoms with van der Waals surface area (Å²) < 4.78 is 56.7. The van der Waals surface area contributed by atoms with Gasteiger partial charge >= 0.3 is 6.18 Å². The van der Waals surface area contributed by atoms with Crippen LogP contribution in [0.25, 0.3) is 0 Å². The Morgan fingerprint density at radius 3 is 2.64 bits per heavy atom. The molecule has 0 heterocycles. The molecule has 9 heteroatoms. The van der Waals surface area contributed by atoms with Gasteiger partial charge in [0.15, 0.2) is 17.5 Å². The minimum absolute atomic E-state index is 0.205. The molecule has 2 rings (SSSR count). The predicted octanol–water partition coefficient (Wildman–Crippen LogP) is 3.33. The molecule has 0 radical (unpaired) electrons. The Kier molecular flexibility index (Phi) is 7.91. The third-order valence-electron chi connectivity index (χ3n) is 4.44. The van der Waals surface area contributed by atoms with E-state index in [-0.39, 0.29) is 18.3 Å². The van der Waals surface area contributed by atoms with E-state index >= 15 is 0 Å².